The van der Waals surface area contributed by atoms with Crippen LogP contribution in [-0.2, 0) is 10.0 Å². The minimum absolute atomic E-state index is 0.366. The Balaban J connectivity index is 2.15. The first-order chi connectivity index (χ1) is 8.95. The third-order valence-corrected chi connectivity index (χ3v) is 6.36. The molecule has 2 heterocycles. The Labute approximate surface area is 118 Å². The maximum absolute atomic E-state index is 12.5. The van der Waals surface area contributed by atoms with Gasteiger partial charge >= 0.3 is 0 Å². The Kier molecular flexibility index (Phi) is 4.26. The van der Waals surface area contributed by atoms with Gasteiger partial charge in [0, 0.05) is 35.9 Å². The molecule has 0 bridgehead atoms. The molecule has 1 aromatic rings. The second-order valence-corrected chi connectivity index (χ2v) is 7.98. The van der Waals surface area contributed by atoms with Crippen LogP contribution in [0.2, 0.25) is 0 Å². The quantitative estimate of drug-likeness (QED) is 0.787. The smallest absolute Gasteiger partial charge is 0.244 e. The van der Waals surface area contributed by atoms with Gasteiger partial charge in [0.05, 0.1) is 17.5 Å². The molecule has 0 spiro atoms. The number of nitrogens with zero attached hydrogens (tertiary/aromatic N) is 3. The fourth-order valence-electron chi connectivity index (χ4n) is 2.23. The van der Waals surface area contributed by atoms with Gasteiger partial charge in [0.2, 0.25) is 10.0 Å². The van der Waals surface area contributed by atoms with Crippen LogP contribution in [0, 0.1) is 25.2 Å². The fourth-order valence-corrected chi connectivity index (χ4v) is 5.18. The minimum Gasteiger partial charge on any atom is -0.288 e. The molecule has 19 heavy (non-hydrogen) atoms. The van der Waals surface area contributed by atoms with E-state index < -0.39 is 10.0 Å². The van der Waals surface area contributed by atoms with E-state index in [1.807, 2.05) is 18.7 Å². The molecular formula is C12H17N3O2S2. The summed E-state index contributed by atoms with van der Waals surface area (Å²) in [4.78, 5) is 4.26. The maximum Gasteiger partial charge on any atom is 0.244 e. The number of aryl methyl sites for hydroxylation is 2. The summed E-state index contributed by atoms with van der Waals surface area (Å²) in [6, 6.07) is 3.84. The summed E-state index contributed by atoms with van der Waals surface area (Å²) in [5, 5.41) is 8.64. The van der Waals surface area contributed by atoms with Crippen molar-refractivity contribution < 1.29 is 8.42 Å². The average Bonchev–Trinajstić information content (AvgIpc) is 2.70. The molecule has 5 nitrogen and oxygen atoms in total. The van der Waals surface area contributed by atoms with E-state index in [9.17, 15) is 8.42 Å². The lowest BCUT2D eigenvalue weighted by Gasteiger charge is -2.32. The molecule has 0 aromatic carbocycles. The second kappa shape index (κ2) is 5.59. The standard InChI is InChI=1S/C12H17N3O2S2/c1-10-9-12(11(2)18-10)19(16,17)15-7-5-14(4-3-13)6-8-15/h9H,4-8H2,1-2H3. The van der Waals surface area contributed by atoms with E-state index in [0.29, 0.717) is 37.6 Å². The van der Waals surface area contributed by atoms with Gasteiger partial charge < -0.3 is 0 Å². The van der Waals surface area contributed by atoms with Crippen molar-refractivity contribution in [3.05, 3.63) is 15.8 Å². The van der Waals surface area contributed by atoms with E-state index in [-0.39, 0.29) is 0 Å². The van der Waals surface area contributed by atoms with Crippen LogP contribution in [0.25, 0.3) is 0 Å². The van der Waals surface area contributed by atoms with Crippen molar-refractivity contribution in [1.82, 2.24) is 9.21 Å². The lowest BCUT2D eigenvalue weighted by atomic mass is 10.4. The number of sulfonamides is 1. The Morgan fingerprint density at radius 1 is 1.32 bits per heavy atom. The van der Waals surface area contributed by atoms with Gasteiger partial charge in [-0.05, 0) is 19.9 Å². The normalized spacial score (nSPS) is 18.4. The highest BCUT2D eigenvalue weighted by Gasteiger charge is 2.30. The van der Waals surface area contributed by atoms with Crippen molar-refractivity contribution in [2.24, 2.45) is 0 Å². The van der Waals surface area contributed by atoms with Gasteiger partial charge in [-0.3, -0.25) is 4.90 Å². The molecule has 7 heteroatoms. The third-order valence-electron chi connectivity index (χ3n) is 3.24. The predicted molar refractivity (Wildman–Crippen MR) is 74.6 cm³/mol. The average molecular weight is 299 g/mol. The number of nitriles is 1. The van der Waals surface area contributed by atoms with Crippen LogP contribution in [0.5, 0.6) is 0 Å². The Bertz CT molecular complexity index is 593. The predicted octanol–water partition coefficient (Wildman–Crippen LogP) is 1.19. The monoisotopic (exact) mass is 299 g/mol. The van der Waals surface area contributed by atoms with E-state index >= 15 is 0 Å². The molecule has 1 aliphatic rings. The van der Waals surface area contributed by atoms with Crippen LogP contribution >= 0.6 is 11.3 Å². The summed E-state index contributed by atoms with van der Waals surface area (Å²) in [6.07, 6.45) is 0. The Morgan fingerprint density at radius 2 is 1.95 bits per heavy atom. The summed E-state index contributed by atoms with van der Waals surface area (Å²) in [6.45, 7) is 6.28. The highest BCUT2D eigenvalue weighted by Crippen LogP contribution is 2.28. The number of rotatable bonds is 3. The lowest BCUT2D eigenvalue weighted by molar-refractivity contribution is 0.206. The first kappa shape index (κ1) is 14.5. The number of hydrogen-bond acceptors (Lipinski definition) is 5. The molecule has 0 unspecified atom stereocenters. The topological polar surface area (TPSA) is 64.4 Å². The zero-order valence-electron chi connectivity index (χ0n) is 11.1. The zero-order chi connectivity index (χ0) is 14.0. The largest absolute Gasteiger partial charge is 0.288 e. The second-order valence-electron chi connectivity index (χ2n) is 4.62. The van der Waals surface area contributed by atoms with Crippen molar-refractivity contribution in [1.29, 1.82) is 5.26 Å². The Morgan fingerprint density at radius 3 is 2.42 bits per heavy atom. The number of piperazine rings is 1. The molecule has 104 valence electrons. The summed E-state index contributed by atoms with van der Waals surface area (Å²) in [5.74, 6) is 0. The van der Waals surface area contributed by atoms with Crippen LogP contribution in [0.4, 0.5) is 0 Å². The van der Waals surface area contributed by atoms with Crippen LogP contribution in [0.15, 0.2) is 11.0 Å². The highest BCUT2D eigenvalue weighted by molar-refractivity contribution is 7.89. The SMILES string of the molecule is Cc1cc(S(=O)(=O)N2CCN(CC#N)CC2)c(C)s1. The number of thiophene rings is 1. The summed E-state index contributed by atoms with van der Waals surface area (Å²) in [7, 11) is -3.38. The summed E-state index contributed by atoms with van der Waals surface area (Å²) >= 11 is 1.51. The molecule has 0 aliphatic carbocycles. The zero-order valence-corrected chi connectivity index (χ0v) is 12.7. The van der Waals surface area contributed by atoms with Crippen molar-refractivity contribution >= 4 is 21.4 Å². The van der Waals surface area contributed by atoms with E-state index in [0.717, 1.165) is 9.75 Å². The summed E-state index contributed by atoms with van der Waals surface area (Å²) in [5.41, 5.74) is 0. The molecule has 2 rings (SSSR count). The molecule has 0 atom stereocenters. The number of hydrogen-bond donors (Lipinski definition) is 0. The third kappa shape index (κ3) is 2.98. The summed E-state index contributed by atoms with van der Waals surface area (Å²) < 4.78 is 26.6. The van der Waals surface area contributed by atoms with Crippen LogP contribution in [-0.4, -0.2) is 50.3 Å². The van der Waals surface area contributed by atoms with E-state index in [1.165, 1.54) is 15.6 Å². The van der Waals surface area contributed by atoms with Gasteiger partial charge in [0.1, 0.15) is 0 Å². The molecule has 0 radical (unpaired) electrons. The van der Waals surface area contributed by atoms with Gasteiger partial charge in [-0.15, -0.1) is 11.3 Å². The molecule has 0 N–H and O–H groups in total. The van der Waals surface area contributed by atoms with Gasteiger partial charge in [-0.2, -0.15) is 9.57 Å². The van der Waals surface area contributed by atoms with Crippen LogP contribution in [0.1, 0.15) is 9.75 Å². The van der Waals surface area contributed by atoms with Gasteiger partial charge in [0.25, 0.3) is 0 Å². The van der Waals surface area contributed by atoms with Crippen molar-refractivity contribution in [2.75, 3.05) is 32.7 Å². The first-order valence-corrected chi connectivity index (χ1v) is 8.37. The van der Waals surface area contributed by atoms with Gasteiger partial charge in [0.15, 0.2) is 0 Å². The van der Waals surface area contributed by atoms with Crippen molar-refractivity contribution in [3.63, 3.8) is 0 Å². The molecule has 0 amide bonds. The van der Waals surface area contributed by atoms with E-state index in [1.54, 1.807) is 6.07 Å². The van der Waals surface area contributed by atoms with Crippen LogP contribution in [0.3, 0.4) is 0 Å². The lowest BCUT2D eigenvalue weighted by Crippen LogP contribution is -2.48. The van der Waals surface area contributed by atoms with E-state index in [4.69, 9.17) is 5.26 Å². The fraction of sp³-hybridized carbons (Fsp3) is 0.583. The molecule has 1 saturated heterocycles. The van der Waals surface area contributed by atoms with Crippen molar-refractivity contribution in [2.45, 2.75) is 18.7 Å². The molecule has 1 fully saturated rings. The molecule has 1 aromatic heterocycles. The van der Waals surface area contributed by atoms with Gasteiger partial charge in [-0.1, -0.05) is 0 Å². The first-order valence-electron chi connectivity index (χ1n) is 6.11. The molecular weight excluding hydrogens is 282 g/mol. The Hall–Kier alpha value is -0.940. The van der Waals surface area contributed by atoms with Crippen LogP contribution < -0.4 is 0 Å². The van der Waals surface area contributed by atoms with Gasteiger partial charge in [-0.25, -0.2) is 8.42 Å². The maximum atomic E-state index is 12.5. The van der Waals surface area contributed by atoms with E-state index in [2.05, 4.69) is 6.07 Å². The molecule has 0 saturated carbocycles. The van der Waals surface area contributed by atoms with Crippen molar-refractivity contribution in [3.8, 4) is 6.07 Å². The highest BCUT2D eigenvalue weighted by atomic mass is 32.2. The molecule has 1 aliphatic heterocycles. The minimum atomic E-state index is -3.38.